The number of hydrogen-bond donors (Lipinski definition) is 1. The number of hydrogen-bond acceptors (Lipinski definition) is 5. The normalized spacial score (nSPS) is 19.1. The lowest BCUT2D eigenvalue weighted by atomic mass is 9.92. The van der Waals surface area contributed by atoms with Crippen molar-refractivity contribution in [3.63, 3.8) is 0 Å². The van der Waals surface area contributed by atoms with E-state index in [4.69, 9.17) is 4.74 Å². The number of carbonyl (C=O) groups excluding carboxylic acids is 2. The van der Waals surface area contributed by atoms with Crippen molar-refractivity contribution in [1.82, 2.24) is 10.2 Å². The summed E-state index contributed by atoms with van der Waals surface area (Å²) in [4.78, 5) is 36.4. The van der Waals surface area contributed by atoms with Crippen molar-refractivity contribution in [2.45, 2.75) is 19.0 Å². The van der Waals surface area contributed by atoms with E-state index >= 15 is 0 Å². The maximum atomic E-state index is 13.9. The van der Waals surface area contributed by atoms with Crippen molar-refractivity contribution >= 4 is 17.6 Å². The largest absolute Gasteiger partial charge is 0.494 e. The van der Waals surface area contributed by atoms with Crippen LogP contribution in [0.25, 0.3) is 0 Å². The van der Waals surface area contributed by atoms with Crippen LogP contribution in [0, 0.1) is 15.9 Å². The molecule has 1 N–H and O–H groups in total. The Labute approximate surface area is 153 Å². The number of non-ortho nitro benzene ring substituents is 1. The van der Waals surface area contributed by atoms with Crippen LogP contribution in [0.4, 0.5) is 14.9 Å². The van der Waals surface area contributed by atoms with Gasteiger partial charge in [-0.1, -0.05) is 6.07 Å². The number of ether oxygens (including phenoxy) is 1. The van der Waals surface area contributed by atoms with Gasteiger partial charge in [0.25, 0.3) is 11.6 Å². The van der Waals surface area contributed by atoms with E-state index in [-0.39, 0.29) is 18.0 Å². The van der Waals surface area contributed by atoms with Crippen molar-refractivity contribution in [1.29, 1.82) is 0 Å². The molecule has 1 heterocycles. The van der Waals surface area contributed by atoms with Crippen molar-refractivity contribution in [2.75, 3.05) is 7.11 Å². The van der Waals surface area contributed by atoms with Crippen LogP contribution in [0.5, 0.6) is 5.75 Å². The van der Waals surface area contributed by atoms with Crippen LogP contribution in [0.15, 0.2) is 42.5 Å². The molecule has 0 spiro atoms. The minimum Gasteiger partial charge on any atom is -0.494 e. The van der Waals surface area contributed by atoms with Crippen LogP contribution < -0.4 is 10.1 Å². The molecule has 140 valence electrons. The number of nitrogens with one attached hydrogen (secondary N) is 1. The van der Waals surface area contributed by atoms with E-state index in [9.17, 15) is 24.1 Å². The molecular weight excluding hydrogens is 357 g/mol. The molecule has 2 aromatic rings. The topological polar surface area (TPSA) is 102 Å². The van der Waals surface area contributed by atoms with E-state index in [0.717, 1.165) is 4.90 Å². The Hall–Kier alpha value is -3.49. The van der Waals surface area contributed by atoms with Gasteiger partial charge in [0, 0.05) is 12.1 Å². The van der Waals surface area contributed by atoms with Gasteiger partial charge in [0.05, 0.1) is 18.6 Å². The van der Waals surface area contributed by atoms with E-state index < -0.39 is 28.2 Å². The van der Waals surface area contributed by atoms with E-state index in [1.165, 1.54) is 50.4 Å². The van der Waals surface area contributed by atoms with Crippen LogP contribution in [-0.4, -0.2) is 28.9 Å². The SMILES string of the molecule is COc1ccc(CN2C(=O)N[C@@](C)(c3ccc([N+](=O)[O-])cc3)C2=O)cc1F. The Morgan fingerprint density at radius 3 is 2.44 bits per heavy atom. The number of carbonyl (C=O) groups is 2. The number of benzene rings is 2. The van der Waals surface area contributed by atoms with Crippen LogP contribution in [-0.2, 0) is 16.9 Å². The number of urea groups is 1. The summed E-state index contributed by atoms with van der Waals surface area (Å²) >= 11 is 0. The minimum atomic E-state index is -1.36. The van der Waals surface area contributed by atoms with Crippen LogP contribution in [0.3, 0.4) is 0 Å². The first-order valence-corrected chi connectivity index (χ1v) is 7.97. The minimum absolute atomic E-state index is 0.0617. The third kappa shape index (κ3) is 3.19. The second kappa shape index (κ2) is 6.67. The van der Waals surface area contributed by atoms with Gasteiger partial charge in [0.1, 0.15) is 5.54 Å². The number of amides is 3. The summed E-state index contributed by atoms with van der Waals surface area (Å²) in [6.07, 6.45) is 0. The first-order chi connectivity index (χ1) is 12.8. The second-order valence-corrected chi connectivity index (χ2v) is 6.22. The molecular formula is C18H16FN3O5. The number of nitrogens with zero attached hydrogens (tertiary/aromatic N) is 2. The van der Waals surface area contributed by atoms with Crippen molar-refractivity contribution in [3.05, 3.63) is 69.5 Å². The van der Waals surface area contributed by atoms with Gasteiger partial charge >= 0.3 is 6.03 Å². The second-order valence-electron chi connectivity index (χ2n) is 6.22. The lowest BCUT2D eigenvalue weighted by Crippen LogP contribution is -2.40. The quantitative estimate of drug-likeness (QED) is 0.493. The summed E-state index contributed by atoms with van der Waals surface area (Å²) in [6, 6.07) is 8.92. The maximum absolute atomic E-state index is 13.9. The zero-order valence-electron chi connectivity index (χ0n) is 14.6. The predicted octanol–water partition coefficient (Wildman–Crippen LogP) is 2.71. The van der Waals surface area contributed by atoms with Crippen molar-refractivity contribution < 1.29 is 23.6 Å². The van der Waals surface area contributed by atoms with Gasteiger partial charge in [-0.3, -0.25) is 19.8 Å². The smallest absolute Gasteiger partial charge is 0.325 e. The Balaban J connectivity index is 1.85. The van der Waals surface area contributed by atoms with Crippen LogP contribution in [0.1, 0.15) is 18.1 Å². The lowest BCUT2D eigenvalue weighted by molar-refractivity contribution is -0.384. The Morgan fingerprint density at radius 2 is 1.89 bits per heavy atom. The standard InChI is InChI=1S/C18H16FN3O5/c1-18(12-4-6-13(7-5-12)22(25)26)16(23)21(17(24)20-18)10-11-3-8-15(27-2)14(19)9-11/h3-9H,10H2,1-2H3,(H,20,24)/t18-/m0/s1. The fourth-order valence-corrected chi connectivity index (χ4v) is 2.94. The summed E-state index contributed by atoms with van der Waals surface area (Å²) < 4.78 is 18.7. The number of nitro groups is 1. The van der Waals surface area contributed by atoms with Gasteiger partial charge in [-0.05, 0) is 42.3 Å². The summed E-state index contributed by atoms with van der Waals surface area (Å²) in [5.74, 6) is -1.07. The third-order valence-corrected chi connectivity index (χ3v) is 4.49. The number of rotatable bonds is 5. The van der Waals surface area contributed by atoms with Crippen molar-refractivity contribution in [2.24, 2.45) is 0 Å². The molecule has 0 aliphatic carbocycles. The number of halogens is 1. The van der Waals surface area contributed by atoms with Crippen LogP contribution >= 0.6 is 0 Å². The molecule has 27 heavy (non-hydrogen) atoms. The highest BCUT2D eigenvalue weighted by Crippen LogP contribution is 2.31. The molecule has 3 amide bonds. The Morgan fingerprint density at radius 1 is 1.22 bits per heavy atom. The molecule has 1 aliphatic heterocycles. The van der Waals surface area contributed by atoms with Crippen molar-refractivity contribution in [3.8, 4) is 5.75 Å². The molecule has 1 saturated heterocycles. The highest BCUT2D eigenvalue weighted by molar-refractivity contribution is 6.07. The molecule has 0 aromatic heterocycles. The number of methoxy groups -OCH3 is 1. The lowest BCUT2D eigenvalue weighted by Gasteiger charge is -2.22. The number of nitro benzene ring substituents is 1. The molecule has 0 saturated carbocycles. The molecule has 1 atom stereocenters. The number of imide groups is 1. The van der Waals surface area contributed by atoms with E-state index in [1.54, 1.807) is 6.07 Å². The average Bonchev–Trinajstić information content (AvgIpc) is 2.86. The fourth-order valence-electron chi connectivity index (χ4n) is 2.94. The van der Waals surface area contributed by atoms with Gasteiger partial charge in [0.15, 0.2) is 11.6 Å². The highest BCUT2D eigenvalue weighted by Gasteiger charge is 2.49. The molecule has 0 radical (unpaired) electrons. The van der Waals surface area contributed by atoms with E-state index in [2.05, 4.69) is 5.32 Å². The third-order valence-electron chi connectivity index (χ3n) is 4.49. The first-order valence-electron chi connectivity index (χ1n) is 7.97. The fraction of sp³-hybridized carbons (Fsp3) is 0.222. The zero-order chi connectivity index (χ0) is 19.8. The monoisotopic (exact) mass is 373 g/mol. The highest BCUT2D eigenvalue weighted by atomic mass is 19.1. The van der Waals surface area contributed by atoms with Gasteiger partial charge in [-0.25, -0.2) is 9.18 Å². The molecule has 3 rings (SSSR count). The molecule has 9 heteroatoms. The summed E-state index contributed by atoms with van der Waals surface area (Å²) in [5.41, 5.74) is -0.652. The predicted molar refractivity (Wildman–Crippen MR) is 92.5 cm³/mol. The van der Waals surface area contributed by atoms with E-state index in [1.807, 2.05) is 0 Å². The maximum Gasteiger partial charge on any atom is 0.325 e. The Kier molecular flexibility index (Phi) is 4.52. The molecule has 8 nitrogen and oxygen atoms in total. The molecule has 0 unspecified atom stereocenters. The summed E-state index contributed by atoms with van der Waals surface area (Å²) in [6.45, 7) is 1.40. The zero-order valence-corrected chi connectivity index (χ0v) is 14.6. The first kappa shape index (κ1) is 18.3. The Bertz CT molecular complexity index is 931. The van der Waals surface area contributed by atoms with E-state index in [0.29, 0.717) is 11.1 Å². The summed E-state index contributed by atoms with van der Waals surface area (Å²) in [5, 5.41) is 13.4. The molecule has 0 bridgehead atoms. The van der Waals surface area contributed by atoms with Crippen LogP contribution in [0.2, 0.25) is 0 Å². The van der Waals surface area contributed by atoms with Gasteiger partial charge in [-0.15, -0.1) is 0 Å². The summed E-state index contributed by atoms with van der Waals surface area (Å²) in [7, 11) is 1.34. The van der Waals surface area contributed by atoms with Gasteiger partial charge in [-0.2, -0.15) is 0 Å². The van der Waals surface area contributed by atoms with Gasteiger partial charge < -0.3 is 10.1 Å². The molecule has 2 aromatic carbocycles. The molecule has 1 fully saturated rings. The van der Waals surface area contributed by atoms with Gasteiger partial charge in [0.2, 0.25) is 0 Å². The molecule has 1 aliphatic rings. The average molecular weight is 373 g/mol.